The standard InChI is InChI=1S/C20H21F3N2O2/c1-13-8-9-17(24-11-13)18(25-10-4-5-14(12-25)19(26)27)15-6-2-3-7-16(15)20(21,22)23/h2-3,6-9,11,14,18H,4-5,10,12H2,1H3,(H,26,27). The molecule has 0 amide bonds. The molecule has 27 heavy (non-hydrogen) atoms. The number of carbonyl (C=O) groups is 1. The molecule has 0 radical (unpaired) electrons. The maximum atomic E-state index is 13.6. The molecule has 144 valence electrons. The summed E-state index contributed by atoms with van der Waals surface area (Å²) in [6, 6.07) is 8.24. The van der Waals surface area contributed by atoms with Gasteiger partial charge in [-0.25, -0.2) is 0 Å². The van der Waals surface area contributed by atoms with Crippen molar-refractivity contribution in [2.24, 2.45) is 5.92 Å². The summed E-state index contributed by atoms with van der Waals surface area (Å²) in [5, 5.41) is 9.38. The van der Waals surface area contributed by atoms with Gasteiger partial charge in [-0.15, -0.1) is 0 Å². The van der Waals surface area contributed by atoms with Gasteiger partial charge in [0.1, 0.15) is 0 Å². The number of aryl methyl sites for hydroxylation is 1. The van der Waals surface area contributed by atoms with E-state index in [9.17, 15) is 23.1 Å². The lowest BCUT2D eigenvalue weighted by Crippen LogP contribution is -2.42. The summed E-state index contributed by atoms with van der Waals surface area (Å²) in [7, 11) is 0. The molecule has 2 unspecified atom stereocenters. The highest BCUT2D eigenvalue weighted by atomic mass is 19.4. The molecule has 7 heteroatoms. The van der Waals surface area contributed by atoms with Gasteiger partial charge in [0.05, 0.1) is 23.2 Å². The van der Waals surface area contributed by atoms with Crippen LogP contribution in [0.15, 0.2) is 42.6 Å². The van der Waals surface area contributed by atoms with E-state index in [1.165, 1.54) is 12.1 Å². The molecule has 2 heterocycles. The smallest absolute Gasteiger partial charge is 0.416 e. The van der Waals surface area contributed by atoms with E-state index in [0.29, 0.717) is 25.1 Å². The number of alkyl halides is 3. The van der Waals surface area contributed by atoms with Crippen molar-refractivity contribution >= 4 is 5.97 Å². The van der Waals surface area contributed by atoms with Gasteiger partial charge in [-0.2, -0.15) is 13.2 Å². The molecule has 1 fully saturated rings. The Morgan fingerprint density at radius 2 is 2.00 bits per heavy atom. The molecule has 2 aromatic rings. The summed E-state index contributed by atoms with van der Waals surface area (Å²) in [5.74, 6) is -1.51. The SMILES string of the molecule is Cc1ccc(C(c2ccccc2C(F)(F)F)N2CCCC(C(=O)O)C2)nc1. The topological polar surface area (TPSA) is 53.4 Å². The Kier molecular flexibility index (Phi) is 5.51. The lowest BCUT2D eigenvalue weighted by Gasteiger charge is -2.37. The van der Waals surface area contributed by atoms with Crippen molar-refractivity contribution in [3.8, 4) is 0 Å². The van der Waals surface area contributed by atoms with Crippen LogP contribution in [0.3, 0.4) is 0 Å². The van der Waals surface area contributed by atoms with Gasteiger partial charge in [0, 0.05) is 12.7 Å². The first-order valence-electron chi connectivity index (χ1n) is 8.83. The minimum atomic E-state index is -4.50. The van der Waals surface area contributed by atoms with E-state index < -0.39 is 29.7 Å². The van der Waals surface area contributed by atoms with Gasteiger partial charge < -0.3 is 5.11 Å². The van der Waals surface area contributed by atoms with Crippen LogP contribution in [0.5, 0.6) is 0 Å². The van der Waals surface area contributed by atoms with Gasteiger partial charge in [-0.05, 0) is 49.6 Å². The minimum Gasteiger partial charge on any atom is -0.481 e. The van der Waals surface area contributed by atoms with Crippen LogP contribution in [0.2, 0.25) is 0 Å². The molecule has 2 atom stereocenters. The lowest BCUT2D eigenvalue weighted by molar-refractivity contribution is -0.144. The largest absolute Gasteiger partial charge is 0.481 e. The molecule has 1 saturated heterocycles. The third-order valence-electron chi connectivity index (χ3n) is 4.94. The number of benzene rings is 1. The monoisotopic (exact) mass is 378 g/mol. The second kappa shape index (κ2) is 7.68. The average molecular weight is 378 g/mol. The first kappa shape index (κ1) is 19.4. The molecule has 0 saturated carbocycles. The van der Waals surface area contributed by atoms with Crippen molar-refractivity contribution in [2.75, 3.05) is 13.1 Å². The maximum Gasteiger partial charge on any atom is 0.416 e. The van der Waals surface area contributed by atoms with Crippen molar-refractivity contribution in [2.45, 2.75) is 32.0 Å². The Labute approximate surface area is 155 Å². The molecular weight excluding hydrogens is 357 g/mol. The summed E-state index contributed by atoms with van der Waals surface area (Å²) < 4.78 is 40.9. The molecule has 0 aliphatic carbocycles. The molecule has 3 rings (SSSR count). The van der Waals surface area contributed by atoms with Crippen molar-refractivity contribution in [1.82, 2.24) is 9.88 Å². The first-order chi connectivity index (χ1) is 12.8. The van der Waals surface area contributed by atoms with Crippen LogP contribution in [0.4, 0.5) is 13.2 Å². The van der Waals surface area contributed by atoms with Crippen molar-refractivity contribution < 1.29 is 23.1 Å². The number of pyridine rings is 1. The second-order valence-electron chi connectivity index (χ2n) is 6.92. The van der Waals surface area contributed by atoms with E-state index in [1.807, 2.05) is 17.9 Å². The molecule has 1 aromatic carbocycles. The molecule has 1 aliphatic heterocycles. The predicted octanol–water partition coefficient (Wildman–Crippen LogP) is 4.29. The number of aromatic nitrogens is 1. The zero-order valence-corrected chi connectivity index (χ0v) is 14.9. The highest BCUT2D eigenvalue weighted by Crippen LogP contribution is 2.39. The number of carboxylic acids is 1. The van der Waals surface area contributed by atoms with E-state index in [0.717, 1.165) is 11.6 Å². The Morgan fingerprint density at radius 1 is 1.26 bits per heavy atom. The maximum absolute atomic E-state index is 13.6. The van der Waals surface area contributed by atoms with Crippen LogP contribution in [-0.4, -0.2) is 34.0 Å². The number of aliphatic carboxylic acids is 1. The Morgan fingerprint density at radius 3 is 2.63 bits per heavy atom. The summed E-state index contributed by atoms with van der Waals surface area (Å²) >= 11 is 0. The van der Waals surface area contributed by atoms with E-state index in [-0.39, 0.29) is 12.1 Å². The molecular formula is C20H21F3N2O2. The third-order valence-corrected chi connectivity index (χ3v) is 4.94. The number of hydrogen-bond acceptors (Lipinski definition) is 3. The van der Waals surface area contributed by atoms with Crippen LogP contribution in [-0.2, 0) is 11.0 Å². The van der Waals surface area contributed by atoms with Crippen LogP contribution in [0.1, 0.15) is 41.3 Å². The van der Waals surface area contributed by atoms with E-state index in [4.69, 9.17) is 0 Å². The highest BCUT2D eigenvalue weighted by Gasteiger charge is 2.39. The zero-order valence-electron chi connectivity index (χ0n) is 14.9. The van der Waals surface area contributed by atoms with Gasteiger partial charge in [-0.1, -0.05) is 24.3 Å². The molecule has 4 nitrogen and oxygen atoms in total. The fourth-order valence-electron chi connectivity index (χ4n) is 3.62. The van der Waals surface area contributed by atoms with E-state index in [2.05, 4.69) is 4.98 Å². The van der Waals surface area contributed by atoms with Gasteiger partial charge in [0.25, 0.3) is 0 Å². The number of halogens is 3. The Hall–Kier alpha value is -2.41. The summed E-state index contributed by atoms with van der Waals surface area (Å²) in [4.78, 5) is 17.6. The van der Waals surface area contributed by atoms with Gasteiger partial charge in [-0.3, -0.25) is 14.7 Å². The van der Waals surface area contributed by atoms with Crippen LogP contribution >= 0.6 is 0 Å². The van der Waals surface area contributed by atoms with Crippen LogP contribution in [0.25, 0.3) is 0 Å². The fraction of sp³-hybridized carbons (Fsp3) is 0.400. The quantitative estimate of drug-likeness (QED) is 0.862. The second-order valence-corrected chi connectivity index (χ2v) is 6.92. The van der Waals surface area contributed by atoms with Crippen molar-refractivity contribution in [1.29, 1.82) is 0 Å². The number of hydrogen-bond donors (Lipinski definition) is 1. The fourth-order valence-corrected chi connectivity index (χ4v) is 3.62. The first-order valence-corrected chi connectivity index (χ1v) is 8.83. The minimum absolute atomic E-state index is 0.104. The predicted molar refractivity (Wildman–Crippen MR) is 94.2 cm³/mol. The summed E-state index contributed by atoms with van der Waals surface area (Å²) in [6.07, 6.45) is -1.73. The molecule has 1 aromatic heterocycles. The summed E-state index contributed by atoms with van der Waals surface area (Å²) in [5.41, 5.74) is 0.786. The Bertz CT molecular complexity index is 806. The molecule has 0 bridgehead atoms. The number of piperidine rings is 1. The number of nitrogens with zero attached hydrogens (tertiary/aromatic N) is 2. The van der Waals surface area contributed by atoms with Gasteiger partial charge in [0.15, 0.2) is 0 Å². The van der Waals surface area contributed by atoms with Gasteiger partial charge in [0.2, 0.25) is 0 Å². The zero-order chi connectivity index (χ0) is 19.6. The number of likely N-dealkylation sites (tertiary alicyclic amines) is 1. The van der Waals surface area contributed by atoms with Crippen molar-refractivity contribution in [3.05, 3.63) is 65.0 Å². The molecule has 1 N–H and O–H groups in total. The normalized spacial score (nSPS) is 19.6. The third kappa shape index (κ3) is 4.30. The molecule has 1 aliphatic rings. The number of carboxylic acid groups (broad SMARTS) is 1. The van der Waals surface area contributed by atoms with Crippen LogP contribution in [0, 0.1) is 12.8 Å². The Balaban J connectivity index is 2.09. The van der Waals surface area contributed by atoms with Gasteiger partial charge >= 0.3 is 12.1 Å². The van der Waals surface area contributed by atoms with E-state index >= 15 is 0 Å². The highest BCUT2D eigenvalue weighted by molar-refractivity contribution is 5.70. The summed E-state index contributed by atoms with van der Waals surface area (Å²) in [6.45, 7) is 2.58. The average Bonchev–Trinajstić information content (AvgIpc) is 2.63. The lowest BCUT2D eigenvalue weighted by atomic mass is 9.91. The van der Waals surface area contributed by atoms with Crippen molar-refractivity contribution in [3.63, 3.8) is 0 Å². The number of rotatable bonds is 4. The van der Waals surface area contributed by atoms with E-state index in [1.54, 1.807) is 18.3 Å². The van der Waals surface area contributed by atoms with Crippen LogP contribution < -0.4 is 0 Å². The molecule has 0 spiro atoms.